The third-order valence-corrected chi connectivity index (χ3v) is 5.31. The van der Waals surface area contributed by atoms with Gasteiger partial charge in [-0.1, -0.05) is 29.8 Å². The highest BCUT2D eigenvalue weighted by atomic mass is 35.5. The summed E-state index contributed by atoms with van der Waals surface area (Å²) in [6.07, 6.45) is 1.22. The Balaban J connectivity index is 1.48. The van der Waals surface area contributed by atoms with Crippen LogP contribution in [0.25, 0.3) is 5.69 Å². The molecule has 0 saturated carbocycles. The van der Waals surface area contributed by atoms with Gasteiger partial charge < -0.3 is 10.2 Å². The lowest BCUT2D eigenvalue weighted by molar-refractivity contribution is 0.102. The average molecular weight is 396 g/mol. The van der Waals surface area contributed by atoms with Gasteiger partial charge in [-0.05, 0) is 61.7 Å². The molecule has 28 heavy (non-hydrogen) atoms. The first-order chi connectivity index (χ1) is 13.5. The molecule has 4 rings (SSSR count). The number of benzene rings is 2. The van der Waals surface area contributed by atoms with Crippen molar-refractivity contribution in [3.8, 4) is 5.69 Å². The molecule has 1 N–H and O–H groups in total. The van der Waals surface area contributed by atoms with Crippen molar-refractivity contribution in [2.45, 2.75) is 20.3 Å². The summed E-state index contributed by atoms with van der Waals surface area (Å²) in [5.41, 5.74) is 3.63. The van der Waals surface area contributed by atoms with Gasteiger partial charge in [-0.15, -0.1) is 5.10 Å². The summed E-state index contributed by atoms with van der Waals surface area (Å²) in [4.78, 5) is 15.0. The van der Waals surface area contributed by atoms with E-state index in [1.54, 1.807) is 16.8 Å². The lowest BCUT2D eigenvalue weighted by atomic mass is 10.2. The molecule has 1 aliphatic rings. The van der Waals surface area contributed by atoms with E-state index < -0.39 is 0 Å². The van der Waals surface area contributed by atoms with Crippen molar-refractivity contribution < 1.29 is 4.79 Å². The van der Waals surface area contributed by atoms with Crippen LogP contribution in [0.1, 0.15) is 29.5 Å². The molecule has 1 aromatic heterocycles. The summed E-state index contributed by atoms with van der Waals surface area (Å²) in [7, 11) is 0. The van der Waals surface area contributed by atoms with E-state index in [0.717, 1.165) is 30.4 Å². The van der Waals surface area contributed by atoms with Gasteiger partial charge >= 0.3 is 0 Å². The molecule has 1 unspecified atom stereocenters. The van der Waals surface area contributed by atoms with E-state index in [4.69, 9.17) is 11.6 Å². The lowest BCUT2D eigenvalue weighted by Gasteiger charge is -2.18. The maximum Gasteiger partial charge on any atom is 0.278 e. The van der Waals surface area contributed by atoms with Crippen molar-refractivity contribution in [1.29, 1.82) is 0 Å². The summed E-state index contributed by atoms with van der Waals surface area (Å²) in [6.45, 7) is 6.25. The van der Waals surface area contributed by atoms with Crippen molar-refractivity contribution in [2.24, 2.45) is 5.92 Å². The maximum atomic E-state index is 12.7. The van der Waals surface area contributed by atoms with Gasteiger partial charge in [0, 0.05) is 29.5 Å². The molecule has 1 aliphatic heterocycles. The van der Waals surface area contributed by atoms with E-state index in [1.807, 2.05) is 43.3 Å². The van der Waals surface area contributed by atoms with E-state index in [1.165, 1.54) is 12.1 Å². The fraction of sp³-hybridized carbons (Fsp3) is 0.286. The fourth-order valence-corrected chi connectivity index (χ4v) is 3.69. The van der Waals surface area contributed by atoms with Crippen molar-refractivity contribution in [3.63, 3.8) is 0 Å². The Morgan fingerprint density at radius 1 is 1.18 bits per heavy atom. The Kier molecular flexibility index (Phi) is 5.05. The average Bonchev–Trinajstić information content (AvgIpc) is 3.28. The van der Waals surface area contributed by atoms with Gasteiger partial charge in [-0.25, -0.2) is 4.68 Å². The van der Waals surface area contributed by atoms with Crippen molar-refractivity contribution in [2.75, 3.05) is 23.3 Å². The number of nitrogens with zero attached hydrogens (tertiary/aromatic N) is 4. The van der Waals surface area contributed by atoms with E-state index in [9.17, 15) is 4.79 Å². The summed E-state index contributed by atoms with van der Waals surface area (Å²) < 4.78 is 1.61. The van der Waals surface area contributed by atoms with Crippen LogP contribution in [0.5, 0.6) is 0 Å². The van der Waals surface area contributed by atoms with Gasteiger partial charge in [-0.3, -0.25) is 4.79 Å². The first kappa shape index (κ1) is 18.5. The predicted molar refractivity (Wildman–Crippen MR) is 111 cm³/mol. The van der Waals surface area contributed by atoms with E-state index in [-0.39, 0.29) is 11.6 Å². The van der Waals surface area contributed by atoms with Gasteiger partial charge in [0.2, 0.25) is 0 Å². The predicted octanol–water partition coefficient (Wildman–Crippen LogP) is 4.33. The topological polar surface area (TPSA) is 63.1 Å². The van der Waals surface area contributed by atoms with Gasteiger partial charge in [0.25, 0.3) is 5.91 Å². The Morgan fingerprint density at radius 2 is 1.96 bits per heavy atom. The van der Waals surface area contributed by atoms with Crippen LogP contribution in [0.15, 0.2) is 48.5 Å². The summed E-state index contributed by atoms with van der Waals surface area (Å²) in [5.74, 6) is 0.442. The molecule has 7 heteroatoms. The molecule has 144 valence electrons. The van der Waals surface area contributed by atoms with Crippen LogP contribution >= 0.6 is 11.6 Å². The number of rotatable bonds is 4. The quantitative estimate of drug-likeness (QED) is 0.714. The molecule has 6 nitrogen and oxygen atoms in total. The molecule has 1 amide bonds. The molecular weight excluding hydrogens is 374 g/mol. The number of aromatic nitrogens is 3. The number of carbonyl (C=O) groups is 1. The molecule has 1 atom stereocenters. The van der Waals surface area contributed by atoms with Crippen LogP contribution in [0.3, 0.4) is 0 Å². The Morgan fingerprint density at radius 3 is 2.64 bits per heavy atom. The summed E-state index contributed by atoms with van der Waals surface area (Å²) >= 11 is 6.05. The summed E-state index contributed by atoms with van der Waals surface area (Å²) in [5, 5.41) is 11.7. The Hall–Kier alpha value is -2.86. The number of anilines is 2. The van der Waals surface area contributed by atoms with Crippen LogP contribution in [0.2, 0.25) is 5.02 Å². The third kappa shape index (κ3) is 3.73. The zero-order valence-electron chi connectivity index (χ0n) is 15.9. The van der Waals surface area contributed by atoms with Crippen molar-refractivity contribution in [1.82, 2.24) is 15.0 Å². The number of hydrogen-bond acceptors (Lipinski definition) is 4. The van der Waals surface area contributed by atoms with Crippen LogP contribution in [0, 0.1) is 12.8 Å². The number of carbonyl (C=O) groups excluding carboxylic acids is 1. The fourth-order valence-electron chi connectivity index (χ4n) is 3.51. The second kappa shape index (κ2) is 7.64. The Bertz CT molecular complexity index is 998. The first-order valence-corrected chi connectivity index (χ1v) is 9.73. The smallest absolute Gasteiger partial charge is 0.278 e. The van der Waals surface area contributed by atoms with Gasteiger partial charge in [0.15, 0.2) is 5.69 Å². The van der Waals surface area contributed by atoms with Crippen molar-refractivity contribution in [3.05, 3.63) is 64.9 Å². The zero-order chi connectivity index (χ0) is 19.7. The number of nitrogens with one attached hydrogen (secondary N) is 1. The molecule has 0 spiro atoms. The second-order valence-electron chi connectivity index (χ2n) is 7.26. The van der Waals surface area contributed by atoms with E-state index >= 15 is 0 Å². The van der Waals surface area contributed by atoms with E-state index in [2.05, 4.69) is 27.5 Å². The molecule has 0 aliphatic carbocycles. The molecule has 3 aromatic rings. The van der Waals surface area contributed by atoms with Gasteiger partial charge in [-0.2, -0.15) is 0 Å². The molecular formula is C21H22ClN5O. The van der Waals surface area contributed by atoms with Gasteiger partial charge in [0.05, 0.1) is 11.4 Å². The number of halogens is 1. The monoisotopic (exact) mass is 395 g/mol. The summed E-state index contributed by atoms with van der Waals surface area (Å²) in [6, 6.07) is 15.2. The first-order valence-electron chi connectivity index (χ1n) is 9.36. The number of amides is 1. The minimum Gasteiger partial charge on any atom is -0.371 e. The molecule has 0 bridgehead atoms. The minimum absolute atomic E-state index is 0.284. The van der Waals surface area contributed by atoms with Crippen LogP contribution in [-0.4, -0.2) is 34.0 Å². The van der Waals surface area contributed by atoms with E-state index in [0.29, 0.717) is 10.7 Å². The highest BCUT2D eigenvalue weighted by Gasteiger charge is 2.20. The normalized spacial score (nSPS) is 16.4. The number of hydrogen-bond donors (Lipinski definition) is 1. The van der Waals surface area contributed by atoms with Crippen LogP contribution < -0.4 is 10.2 Å². The molecule has 1 fully saturated rings. The second-order valence-corrected chi connectivity index (χ2v) is 7.69. The SMILES string of the molecule is Cc1c(C(=O)Nc2ccc(N3CCC(C)C3)cc2)nnn1-c1cccc(Cl)c1. The zero-order valence-corrected chi connectivity index (χ0v) is 16.6. The minimum atomic E-state index is -0.284. The molecule has 1 saturated heterocycles. The third-order valence-electron chi connectivity index (χ3n) is 5.08. The molecule has 0 radical (unpaired) electrons. The molecule has 2 heterocycles. The Labute approximate surface area is 169 Å². The van der Waals surface area contributed by atoms with Crippen LogP contribution in [0.4, 0.5) is 11.4 Å². The highest BCUT2D eigenvalue weighted by molar-refractivity contribution is 6.30. The highest BCUT2D eigenvalue weighted by Crippen LogP contribution is 2.25. The lowest BCUT2D eigenvalue weighted by Crippen LogP contribution is -2.19. The van der Waals surface area contributed by atoms with Gasteiger partial charge in [0.1, 0.15) is 0 Å². The molecule has 2 aromatic carbocycles. The van der Waals surface area contributed by atoms with Crippen LogP contribution in [-0.2, 0) is 0 Å². The largest absolute Gasteiger partial charge is 0.371 e. The van der Waals surface area contributed by atoms with Crippen molar-refractivity contribution >= 4 is 28.9 Å². The standard InChI is InChI=1S/C21H22ClN5O/c1-14-10-11-26(13-14)18-8-6-17(7-9-18)23-21(28)20-15(2)27(25-24-20)19-5-3-4-16(22)12-19/h3-9,12,14H,10-11,13H2,1-2H3,(H,23,28). The maximum absolute atomic E-state index is 12.7.